The van der Waals surface area contributed by atoms with E-state index >= 15 is 0 Å². The zero-order chi connectivity index (χ0) is 26.5. The molecule has 0 aromatic heterocycles. The summed E-state index contributed by atoms with van der Waals surface area (Å²) in [7, 11) is -7.95. The summed E-state index contributed by atoms with van der Waals surface area (Å²) in [6.07, 6.45) is 0.629. The number of amides is 1. The lowest BCUT2D eigenvalue weighted by molar-refractivity contribution is 0.0979. The van der Waals surface area contributed by atoms with Gasteiger partial charge in [-0.25, -0.2) is 21.6 Å². The zero-order valence-electron chi connectivity index (χ0n) is 19.2. The van der Waals surface area contributed by atoms with Crippen LogP contribution in [-0.4, -0.2) is 52.3 Å². The van der Waals surface area contributed by atoms with Crippen molar-refractivity contribution in [2.45, 2.75) is 22.3 Å². The average molecular weight is 553 g/mol. The first-order valence-electron chi connectivity index (χ1n) is 10.7. The van der Waals surface area contributed by atoms with Crippen molar-refractivity contribution >= 4 is 37.4 Å². The molecule has 0 saturated heterocycles. The molecular formula is C24H25ClN2O7S2. The minimum atomic E-state index is -4.04. The predicted octanol–water partition coefficient (Wildman–Crippen LogP) is 2.43. The zero-order valence-corrected chi connectivity index (χ0v) is 21.6. The molecule has 192 valence electrons. The first-order chi connectivity index (χ1) is 16.9. The molecule has 3 aromatic rings. The van der Waals surface area contributed by atoms with E-state index in [1.807, 2.05) is 0 Å². The van der Waals surface area contributed by atoms with Crippen molar-refractivity contribution in [1.82, 2.24) is 10.0 Å². The Morgan fingerprint density at radius 1 is 0.972 bits per heavy atom. The Balaban J connectivity index is 1.64. The van der Waals surface area contributed by atoms with Crippen LogP contribution in [-0.2, 0) is 26.3 Å². The van der Waals surface area contributed by atoms with Gasteiger partial charge < -0.3 is 15.5 Å². The van der Waals surface area contributed by atoms with Gasteiger partial charge >= 0.3 is 0 Å². The third-order valence-corrected chi connectivity index (χ3v) is 7.75. The SMILES string of the molecule is CS(=O)(=O)NC(=O)c1cc(S(=O)(=O)c2ccc(CCNC[C@H](O)c3cccc(Cl)c3)cc2)ccc1O. The summed E-state index contributed by atoms with van der Waals surface area (Å²) in [6.45, 7) is 0.864. The minimum Gasteiger partial charge on any atom is -0.507 e. The first-order valence-corrected chi connectivity index (χ1v) is 14.5. The topological polar surface area (TPSA) is 150 Å². The highest BCUT2D eigenvalue weighted by Crippen LogP contribution is 2.26. The second-order valence-corrected chi connectivity index (χ2v) is 12.2. The number of phenolic OH excluding ortho intramolecular Hbond substituents is 1. The summed E-state index contributed by atoms with van der Waals surface area (Å²) in [5.74, 6) is -1.70. The van der Waals surface area contributed by atoms with E-state index in [0.29, 0.717) is 30.1 Å². The lowest BCUT2D eigenvalue weighted by Crippen LogP contribution is -2.29. The molecule has 12 heteroatoms. The standard InChI is InChI=1S/C24H25ClN2O7S2/c1-35(31,32)27-24(30)21-14-20(9-10-22(21)28)36(33,34)19-7-5-16(6-8-19)11-12-26-15-23(29)17-3-2-4-18(25)13-17/h2-10,13-14,23,26,28-29H,11-12,15H2,1H3,(H,27,30)/t23-/m0/s1. The van der Waals surface area contributed by atoms with Crippen LogP contribution in [0, 0.1) is 0 Å². The van der Waals surface area contributed by atoms with Crippen LogP contribution in [0.25, 0.3) is 0 Å². The van der Waals surface area contributed by atoms with Gasteiger partial charge in [0.05, 0.1) is 27.7 Å². The van der Waals surface area contributed by atoms with Crippen LogP contribution in [0.2, 0.25) is 5.02 Å². The van der Waals surface area contributed by atoms with E-state index in [4.69, 9.17) is 11.6 Å². The fourth-order valence-corrected chi connectivity index (χ4v) is 5.29. The summed E-state index contributed by atoms with van der Waals surface area (Å²) < 4.78 is 50.4. The number of hydrogen-bond acceptors (Lipinski definition) is 8. The van der Waals surface area contributed by atoms with Gasteiger partial charge in [-0.2, -0.15) is 0 Å². The van der Waals surface area contributed by atoms with Crippen molar-refractivity contribution in [3.63, 3.8) is 0 Å². The van der Waals surface area contributed by atoms with Gasteiger partial charge in [-0.1, -0.05) is 35.9 Å². The number of sulfone groups is 1. The Morgan fingerprint density at radius 3 is 2.28 bits per heavy atom. The van der Waals surface area contributed by atoms with Crippen LogP contribution in [0.3, 0.4) is 0 Å². The van der Waals surface area contributed by atoms with Crippen molar-refractivity contribution in [1.29, 1.82) is 0 Å². The fourth-order valence-electron chi connectivity index (χ4n) is 3.36. The molecule has 0 saturated carbocycles. The quantitative estimate of drug-likeness (QED) is 0.280. The number of carbonyl (C=O) groups excluding carboxylic acids is 1. The first kappa shape index (κ1) is 27.6. The molecule has 0 unspecified atom stereocenters. The maximum atomic E-state index is 13.0. The number of phenols is 1. The van der Waals surface area contributed by atoms with Gasteiger partial charge in [0, 0.05) is 11.6 Å². The van der Waals surface area contributed by atoms with Gasteiger partial charge in [-0.15, -0.1) is 0 Å². The molecule has 3 aromatic carbocycles. The van der Waals surface area contributed by atoms with Crippen molar-refractivity contribution in [3.05, 3.63) is 88.4 Å². The van der Waals surface area contributed by atoms with Gasteiger partial charge in [0.25, 0.3) is 5.91 Å². The van der Waals surface area contributed by atoms with Crippen molar-refractivity contribution in [3.8, 4) is 5.75 Å². The molecule has 3 rings (SSSR count). The van der Waals surface area contributed by atoms with Crippen LogP contribution in [0.5, 0.6) is 5.75 Å². The third-order valence-electron chi connectivity index (χ3n) is 5.20. The molecule has 4 N–H and O–H groups in total. The molecule has 0 aliphatic carbocycles. The number of sulfonamides is 1. The summed E-state index contributed by atoms with van der Waals surface area (Å²) in [4.78, 5) is 11.8. The van der Waals surface area contributed by atoms with E-state index in [1.165, 1.54) is 12.1 Å². The van der Waals surface area contributed by atoms with E-state index in [1.54, 1.807) is 41.1 Å². The van der Waals surface area contributed by atoms with Crippen LogP contribution in [0.15, 0.2) is 76.5 Å². The van der Waals surface area contributed by atoms with Crippen LogP contribution >= 0.6 is 11.6 Å². The molecule has 0 radical (unpaired) electrons. The van der Waals surface area contributed by atoms with Gasteiger partial charge in [0.1, 0.15) is 5.75 Å². The summed E-state index contributed by atoms with van der Waals surface area (Å²) >= 11 is 5.94. The molecule has 1 atom stereocenters. The minimum absolute atomic E-state index is 0.0317. The Kier molecular flexibility index (Phi) is 8.75. The summed E-state index contributed by atoms with van der Waals surface area (Å²) in [5.41, 5.74) is 1.08. The predicted molar refractivity (Wildman–Crippen MR) is 135 cm³/mol. The summed E-state index contributed by atoms with van der Waals surface area (Å²) in [5, 5.41) is 23.8. The highest BCUT2D eigenvalue weighted by Gasteiger charge is 2.22. The van der Waals surface area contributed by atoms with Gasteiger partial charge in [-0.05, 0) is 66.6 Å². The van der Waals surface area contributed by atoms with Crippen LogP contribution in [0.4, 0.5) is 0 Å². The molecule has 0 bridgehead atoms. The van der Waals surface area contributed by atoms with Crippen molar-refractivity contribution < 1.29 is 31.8 Å². The second kappa shape index (κ2) is 11.4. The lowest BCUT2D eigenvalue weighted by atomic mass is 10.1. The molecule has 1 amide bonds. The Morgan fingerprint density at radius 2 is 1.64 bits per heavy atom. The number of aliphatic hydroxyl groups excluding tert-OH is 1. The van der Waals surface area contributed by atoms with E-state index in [0.717, 1.165) is 30.0 Å². The van der Waals surface area contributed by atoms with Crippen molar-refractivity contribution in [2.75, 3.05) is 19.3 Å². The van der Waals surface area contributed by atoms with E-state index in [-0.39, 0.29) is 9.79 Å². The second-order valence-electron chi connectivity index (χ2n) is 8.05. The normalized spacial score (nSPS) is 12.8. The summed E-state index contributed by atoms with van der Waals surface area (Å²) in [6, 6.07) is 16.2. The maximum Gasteiger partial charge on any atom is 0.268 e. The molecule has 9 nitrogen and oxygen atoms in total. The van der Waals surface area contributed by atoms with E-state index in [9.17, 15) is 31.8 Å². The maximum absolute atomic E-state index is 13.0. The number of nitrogens with one attached hydrogen (secondary N) is 2. The smallest absolute Gasteiger partial charge is 0.268 e. The number of rotatable bonds is 10. The molecule has 0 aliphatic heterocycles. The lowest BCUT2D eigenvalue weighted by Gasteiger charge is -2.13. The third kappa shape index (κ3) is 7.28. The highest BCUT2D eigenvalue weighted by molar-refractivity contribution is 7.91. The fraction of sp³-hybridized carbons (Fsp3) is 0.208. The van der Waals surface area contributed by atoms with Gasteiger partial charge in [0.2, 0.25) is 19.9 Å². The highest BCUT2D eigenvalue weighted by atomic mass is 35.5. The average Bonchev–Trinajstić information content (AvgIpc) is 2.81. The van der Waals surface area contributed by atoms with E-state index in [2.05, 4.69) is 5.32 Å². The monoisotopic (exact) mass is 552 g/mol. The number of carbonyl (C=O) groups is 1. The molecule has 0 aliphatic rings. The Hall–Kier alpha value is -2.96. The largest absolute Gasteiger partial charge is 0.507 e. The van der Waals surface area contributed by atoms with Gasteiger partial charge in [-0.3, -0.25) is 4.79 Å². The molecule has 36 heavy (non-hydrogen) atoms. The number of halogens is 1. The Labute approximate surface area is 214 Å². The molecule has 0 heterocycles. The number of benzene rings is 3. The van der Waals surface area contributed by atoms with E-state index < -0.39 is 43.2 Å². The number of aromatic hydroxyl groups is 1. The Bertz CT molecular complexity index is 1460. The molecule has 0 spiro atoms. The number of hydrogen-bond donors (Lipinski definition) is 4. The molecular weight excluding hydrogens is 528 g/mol. The van der Waals surface area contributed by atoms with Crippen molar-refractivity contribution in [2.24, 2.45) is 0 Å². The van der Waals surface area contributed by atoms with Crippen LogP contribution < -0.4 is 10.0 Å². The molecule has 0 fully saturated rings. The van der Waals surface area contributed by atoms with Crippen LogP contribution in [0.1, 0.15) is 27.6 Å². The van der Waals surface area contributed by atoms with Gasteiger partial charge in [0.15, 0.2) is 0 Å². The number of aliphatic hydroxyl groups is 1.